The number of hydrogen-bond donors (Lipinski definition) is 1. The molecule has 1 N–H and O–H groups in total. The van der Waals surface area contributed by atoms with Crippen LogP contribution in [0.15, 0.2) is 22.7 Å². The second-order valence-electron chi connectivity index (χ2n) is 6.44. The van der Waals surface area contributed by atoms with Gasteiger partial charge in [-0.2, -0.15) is 0 Å². The van der Waals surface area contributed by atoms with Gasteiger partial charge in [0.15, 0.2) is 5.69 Å². The molecule has 1 aliphatic rings. The minimum absolute atomic E-state index is 0.203. The Balaban J connectivity index is 1.66. The summed E-state index contributed by atoms with van der Waals surface area (Å²) in [5.41, 5.74) is 2.24. The van der Waals surface area contributed by atoms with Crippen LogP contribution in [0.1, 0.15) is 46.5 Å². The van der Waals surface area contributed by atoms with Crippen LogP contribution in [0.25, 0.3) is 11.0 Å². The van der Waals surface area contributed by atoms with Gasteiger partial charge in [-0.25, -0.2) is 9.37 Å². The summed E-state index contributed by atoms with van der Waals surface area (Å²) in [6.45, 7) is 2.62. The first-order chi connectivity index (χ1) is 12.6. The lowest BCUT2D eigenvalue weighted by atomic mass is 10.1. The highest BCUT2D eigenvalue weighted by molar-refractivity contribution is 5.94. The number of aryl methyl sites for hydroxylation is 1. The number of aromatic nitrogens is 3. The number of benzene rings is 1. The summed E-state index contributed by atoms with van der Waals surface area (Å²) in [7, 11) is 1.56. The number of nitrogens with one attached hydrogen (secondary N) is 1. The number of halogens is 1. The van der Waals surface area contributed by atoms with E-state index in [1.54, 1.807) is 25.0 Å². The molecule has 3 heterocycles. The molecular formula is C18H19FN4O3. The van der Waals surface area contributed by atoms with Gasteiger partial charge in [0.2, 0.25) is 0 Å². The predicted molar refractivity (Wildman–Crippen MR) is 91.0 cm³/mol. The molecule has 0 bridgehead atoms. The first-order valence-electron chi connectivity index (χ1n) is 8.48. The van der Waals surface area contributed by atoms with Crippen LogP contribution in [0.3, 0.4) is 0 Å². The maximum absolute atomic E-state index is 13.4. The molecule has 1 atom stereocenters. The molecule has 136 valence electrons. The van der Waals surface area contributed by atoms with Crippen LogP contribution < -0.4 is 0 Å². The molecule has 0 spiro atoms. The van der Waals surface area contributed by atoms with E-state index in [9.17, 15) is 9.18 Å². The Kier molecular flexibility index (Phi) is 4.20. The normalized spacial score (nSPS) is 17.3. The van der Waals surface area contributed by atoms with Gasteiger partial charge < -0.3 is 19.1 Å². The first-order valence-corrected chi connectivity index (χ1v) is 8.48. The van der Waals surface area contributed by atoms with Crippen LogP contribution >= 0.6 is 0 Å². The van der Waals surface area contributed by atoms with Gasteiger partial charge in [-0.3, -0.25) is 4.79 Å². The zero-order valence-corrected chi connectivity index (χ0v) is 14.6. The van der Waals surface area contributed by atoms with Crippen LogP contribution in [0.4, 0.5) is 4.39 Å². The van der Waals surface area contributed by atoms with Crippen molar-refractivity contribution in [2.24, 2.45) is 0 Å². The Morgan fingerprint density at radius 1 is 1.50 bits per heavy atom. The number of ether oxygens (including phenoxy) is 1. The summed E-state index contributed by atoms with van der Waals surface area (Å²) >= 11 is 0. The van der Waals surface area contributed by atoms with E-state index in [-0.39, 0.29) is 30.1 Å². The molecule has 0 saturated carbocycles. The van der Waals surface area contributed by atoms with Crippen molar-refractivity contribution in [1.82, 2.24) is 20.0 Å². The summed E-state index contributed by atoms with van der Waals surface area (Å²) in [4.78, 5) is 22.5. The molecule has 0 aliphatic carbocycles. The number of carbonyl (C=O) groups excluding carboxylic acids is 1. The Hall–Kier alpha value is -2.74. The number of H-pyrrole nitrogens is 1. The van der Waals surface area contributed by atoms with Gasteiger partial charge in [-0.15, -0.1) is 0 Å². The number of imidazole rings is 1. The van der Waals surface area contributed by atoms with E-state index in [4.69, 9.17) is 9.26 Å². The van der Waals surface area contributed by atoms with Crippen molar-refractivity contribution >= 4 is 16.9 Å². The second kappa shape index (κ2) is 6.53. The molecule has 1 amide bonds. The third-order valence-corrected chi connectivity index (χ3v) is 4.77. The zero-order chi connectivity index (χ0) is 18.3. The summed E-state index contributed by atoms with van der Waals surface area (Å²) in [5.74, 6) is 0.701. The van der Waals surface area contributed by atoms with Gasteiger partial charge >= 0.3 is 0 Å². The standard InChI is InChI=1S/C18H19FN4O3/c1-10-12(9-25-2)16(22-26-10)18(24)23-7-3-4-15(23)17-20-13-6-5-11(19)8-14(13)21-17/h5-6,8,15H,3-4,7,9H2,1-2H3,(H,20,21). The van der Waals surface area contributed by atoms with Crippen molar-refractivity contribution in [2.75, 3.05) is 13.7 Å². The molecule has 0 radical (unpaired) electrons. The molecule has 3 aromatic rings. The van der Waals surface area contributed by atoms with Crippen molar-refractivity contribution < 1.29 is 18.4 Å². The van der Waals surface area contributed by atoms with Gasteiger partial charge in [-0.1, -0.05) is 5.16 Å². The fourth-order valence-electron chi connectivity index (χ4n) is 3.46. The minimum atomic E-state index is -0.325. The fraction of sp³-hybridized carbons (Fsp3) is 0.389. The monoisotopic (exact) mass is 358 g/mol. The molecule has 1 aromatic carbocycles. The van der Waals surface area contributed by atoms with Gasteiger partial charge in [-0.05, 0) is 38.0 Å². The lowest BCUT2D eigenvalue weighted by Gasteiger charge is -2.22. The second-order valence-corrected chi connectivity index (χ2v) is 6.44. The molecule has 1 unspecified atom stereocenters. The quantitative estimate of drug-likeness (QED) is 0.775. The first kappa shape index (κ1) is 16.7. The van der Waals surface area contributed by atoms with E-state index in [0.717, 1.165) is 12.8 Å². The average Bonchev–Trinajstić information content (AvgIpc) is 3.33. The minimum Gasteiger partial charge on any atom is -0.380 e. The Morgan fingerprint density at radius 3 is 3.15 bits per heavy atom. The smallest absolute Gasteiger partial charge is 0.277 e. The van der Waals surface area contributed by atoms with Crippen molar-refractivity contribution in [3.63, 3.8) is 0 Å². The maximum atomic E-state index is 13.4. The number of fused-ring (bicyclic) bond motifs is 1. The van der Waals surface area contributed by atoms with Gasteiger partial charge in [0, 0.05) is 13.7 Å². The van der Waals surface area contributed by atoms with E-state index >= 15 is 0 Å². The number of rotatable bonds is 4. The maximum Gasteiger partial charge on any atom is 0.277 e. The fourth-order valence-corrected chi connectivity index (χ4v) is 3.46. The predicted octanol–water partition coefficient (Wildman–Crippen LogP) is 3.12. The summed E-state index contributed by atoms with van der Waals surface area (Å²) in [6.07, 6.45) is 1.64. The Labute approximate surface area is 149 Å². The van der Waals surface area contributed by atoms with E-state index in [0.29, 0.717) is 34.7 Å². The summed E-state index contributed by atoms with van der Waals surface area (Å²) in [6, 6.07) is 4.21. The topological polar surface area (TPSA) is 84.2 Å². The molecule has 26 heavy (non-hydrogen) atoms. The highest BCUT2D eigenvalue weighted by Gasteiger charge is 2.35. The lowest BCUT2D eigenvalue weighted by Crippen LogP contribution is -2.32. The number of amides is 1. The van der Waals surface area contributed by atoms with Crippen molar-refractivity contribution in [1.29, 1.82) is 0 Å². The van der Waals surface area contributed by atoms with Crippen LogP contribution in [0.5, 0.6) is 0 Å². The van der Waals surface area contributed by atoms with Gasteiger partial charge in [0.1, 0.15) is 17.4 Å². The SMILES string of the molecule is COCc1c(C(=O)N2CCCC2c2nc3ccc(F)cc3[nH]2)noc1C. The molecule has 8 heteroatoms. The Morgan fingerprint density at radius 2 is 2.35 bits per heavy atom. The molecule has 2 aromatic heterocycles. The zero-order valence-electron chi connectivity index (χ0n) is 14.6. The Bertz CT molecular complexity index is 965. The average molecular weight is 358 g/mol. The molecule has 7 nitrogen and oxygen atoms in total. The van der Waals surface area contributed by atoms with Crippen molar-refractivity contribution in [3.05, 3.63) is 46.9 Å². The number of nitrogens with zero attached hydrogens (tertiary/aromatic N) is 3. The van der Waals surface area contributed by atoms with Crippen LogP contribution in [0.2, 0.25) is 0 Å². The third-order valence-electron chi connectivity index (χ3n) is 4.77. The highest BCUT2D eigenvalue weighted by atomic mass is 19.1. The number of aromatic amines is 1. The van der Waals surface area contributed by atoms with Crippen LogP contribution in [-0.4, -0.2) is 39.6 Å². The van der Waals surface area contributed by atoms with Crippen molar-refractivity contribution in [3.8, 4) is 0 Å². The van der Waals surface area contributed by atoms with Crippen LogP contribution in [-0.2, 0) is 11.3 Å². The third kappa shape index (κ3) is 2.76. The van der Waals surface area contributed by atoms with E-state index in [1.165, 1.54) is 12.1 Å². The number of likely N-dealkylation sites (tertiary alicyclic amines) is 1. The van der Waals surface area contributed by atoms with Crippen LogP contribution in [0, 0.1) is 12.7 Å². The van der Waals surface area contributed by atoms with Gasteiger partial charge in [0.05, 0.1) is 29.2 Å². The largest absolute Gasteiger partial charge is 0.380 e. The van der Waals surface area contributed by atoms with E-state index in [1.807, 2.05) is 0 Å². The number of carbonyl (C=O) groups is 1. The van der Waals surface area contributed by atoms with E-state index < -0.39 is 0 Å². The molecule has 1 fully saturated rings. The molecule has 4 rings (SSSR count). The molecule has 1 saturated heterocycles. The molecular weight excluding hydrogens is 339 g/mol. The van der Waals surface area contributed by atoms with Gasteiger partial charge in [0.25, 0.3) is 5.91 Å². The van der Waals surface area contributed by atoms with Crippen molar-refractivity contribution in [2.45, 2.75) is 32.4 Å². The van der Waals surface area contributed by atoms with E-state index in [2.05, 4.69) is 15.1 Å². The lowest BCUT2D eigenvalue weighted by molar-refractivity contribution is 0.0715. The highest BCUT2D eigenvalue weighted by Crippen LogP contribution is 2.33. The summed E-state index contributed by atoms with van der Waals surface area (Å²) < 4.78 is 23.8. The number of methoxy groups -OCH3 is 1. The molecule has 1 aliphatic heterocycles. The summed E-state index contributed by atoms with van der Waals surface area (Å²) in [5, 5.41) is 3.93. The number of hydrogen-bond acceptors (Lipinski definition) is 5.